The van der Waals surface area contributed by atoms with E-state index in [0.717, 1.165) is 19.3 Å². The summed E-state index contributed by atoms with van der Waals surface area (Å²) >= 11 is 0. The minimum absolute atomic E-state index is 0.614. The number of allylic oxidation sites excluding steroid dienone is 6. The fourth-order valence-corrected chi connectivity index (χ4v) is 2.74. The maximum atomic E-state index is 2.41. The molecule has 0 atom stereocenters. The van der Waals surface area contributed by atoms with Crippen LogP contribution in [0.4, 0.5) is 0 Å². The zero-order valence-electron chi connectivity index (χ0n) is 15.9. The number of hydrogen-bond acceptors (Lipinski definition) is 0. The molecule has 0 saturated carbocycles. The molecular weight excluding hydrogens is 276 g/mol. The number of benzene rings is 1. The summed E-state index contributed by atoms with van der Waals surface area (Å²) in [6, 6.07) is 9.04. The van der Waals surface area contributed by atoms with E-state index in [9.17, 15) is 0 Å². The highest BCUT2D eigenvalue weighted by molar-refractivity contribution is 5.26. The lowest BCUT2D eigenvalue weighted by Gasteiger charge is -2.07. The summed E-state index contributed by atoms with van der Waals surface area (Å²) in [5.41, 5.74) is 7.16. The molecule has 0 saturated heterocycles. The summed E-state index contributed by atoms with van der Waals surface area (Å²) < 4.78 is 0. The molecule has 0 fully saturated rings. The van der Waals surface area contributed by atoms with Crippen LogP contribution in [0.1, 0.15) is 77.8 Å². The predicted octanol–water partition coefficient (Wildman–Crippen LogP) is 7.38. The maximum absolute atomic E-state index is 2.41. The minimum atomic E-state index is 0.614. The fraction of sp³-hybridized carbons (Fsp3) is 0.478. The van der Waals surface area contributed by atoms with Crippen molar-refractivity contribution >= 4 is 0 Å². The van der Waals surface area contributed by atoms with Gasteiger partial charge in [-0.05, 0) is 70.4 Å². The summed E-state index contributed by atoms with van der Waals surface area (Å²) in [6.45, 7) is 13.3. The van der Waals surface area contributed by atoms with Gasteiger partial charge in [0.05, 0.1) is 0 Å². The van der Waals surface area contributed by atoms with E-state index in [0.29, 0.717) is 5.92 Å². The second-order valence-electron chi connectivity index (χ2n) is 7.20. The van der Waals surface area contributed by atoms with Crippen LogP contribution < -0.4 is 0 Å². The molecular formula is C23H34. The summed E-state index contributed by atoms with van der Waals surface area (Å²) in [5.74, 6) is 0.614. The minimum Gasteiger partial charge on any atom is -0.0853 e. The van der Waals surface area contributed by atoms with Crippen molar-refractivity contribution in [1.29, 1.82) is 0 Å². The Morgan fingerprint density at radius 1 is 1.00 bits per heavy atom. The van der Waals surface area contributed by atoms with Gasteiger partial charge in [0.25, 0.3) is 0 Å². The molecule has 0 spiro atoms. The molecule has 0 aliphatic heterocycles. The van der Waals surface area contributed by atoms with E-state index in [4.69, 9.17) is 0 Å². The van der Waals surface area contributed by atoms with E-state index in [-0.39, 0.29) is 0 Å². The number of aryl methyl sites for hydroxylation is 1. The van der Waals surface area contributed by atoms with Gasteiger partial charge in [0.1, 0.15) is 0 Å². The quantitative estimate of drug-likeness (QED) is 0.347. The van der Waals surface area contributed by atoms with E-state index >= 15 is 0 Å². The van der Waals surface area contributed by atoms with Crippen LogP contribution in [0.2, 0.25) is 0 Å². The highest BCUT2D eigenvalue weighted by Crippen LogP contribution is 2.17. The summed E-state index contributed by atoms with van der Waals surface area (Å²) in [7, 11) is 0. The summed E-state index contributed by atoms with van der Waals surface area (Å²) in [6.07, 6.45) is 11.6. The van der Waals surface area contributed by atoms with Crippen molar-refractivity contribution < 1.29 is 0 Å². The Morgan fingerprint density at radius 3 is 2.39 bits per heavy atom. The first-order valence-corrected chi connectivity index (χ1v) is 8.94. The third kappa shape index (κ3) is 8.59. The second kappa shape index (κ2) is 10.3. The average Bonchev–Trinajstić information content (AvgIpc) is 2.46. The van der Waals surface area contributed by atoms with Crippen molar-refractivity contribution in [3.8, 4) is 0 Å². The van der Waals surface area contributed by atoms with Crippen molar-refractivity contribution in [2.45, 2.75) is 73.1 Å². The van der Waals surface area contributed by atoms with Crippen LogP contribution in [0.25, 0.3) is 0 Å². The van der Waals surface area contributed by atoms with E-state index < -0.39 is 0 Å². The van der Waals surface area contributed by atoms with Gasteiger partial charge in [0.15, 0.2) is 0 Å². The van der Waals surface area contributed by atoms with Gasteiger partial charge in [0.2, 0.25) is 0 Å². The van der Waals surface area contributed by atoms with E-state index in [1.54, 1.807) is 0 Å². The van der Waals surface area contributed by atoms with Gasteiger partial charge in [-0.1, -0.05) is 73.1 Å². The van der Waals surface area contributed by atoms with Crippen LogP contribution in [0.15, 0.2) is 59.2 Å². The Hall–Kier alpha value is -1.56. The normalized spacial score (nSPS) is 12.7. The average molecular weight is 311 g/mol. The Labute approximate surface area is 144 Å². The van der Waals surface area contributed by atoms with Crippen LogP contribution in [0.5, 0.6) is 0 Å². The lowest BCUT2D eigenvalue weighted by Crippen LogP contribution is -1.90. The van der Waals surface area contributed by atoms with Gasteiger partial charge < -0.3 is 0 Å². The van der Waals surface area contributed by atoms with Crippen LogP contribution in [-0.2, 0) is 6.42 Å². The van der Waals surface area contributed by atoms with Crippen molar-refractivity contribution in [2.75, 3.05) is 0 Å². The van der Waals surface area contributed by atoms with Crippen LogP contribution in [0, 0.1) is 0 Å². The molecule has 0 bridgehead atoms. The first-order chi connectivity index (χ1) is 10.9. The highest BCUT2D eigenvalue weighted by atomic mass is 14.1. The van der Waals surface area contributed by atoms with Crippen LogP contribution in [-0.4, -0.2) is 0 Å². The smallest absolute Gasteiger partial charge is 0.0219 e. The lowest BCUT2D eigenvalue weighted by molar-refractivity contribution is 0.858. The molecule has 0 heterocycles. The highest BCUT2D eigenvalue weighted by Gasteiger charge is 2.00. The topological polar surface area (TPSA) is 0 Å². The molecule has 0 heteroatoms. The van der Waals surface area contributed by atoms with E-state index in [1.165, 1.54) is 34.3 Å². The molecule has 0 aliphatic rings. The van der Waals surface area contributed by atoms with Crippen molar-refractivity contribution in [2.24, 2.45) is 0 Å². The molecule has 126 valence electrons. The Bertz CT molecular complexity index is 563. The first-order valence-electron chi connectivity index (χ1n) is 8.94. The Balaban J connectivity index is 2.42. The predicted molar refractivity (Wildman–Crippen MR) is 105 cm³/mol. The fourth-order valence-electron chi connectivity index (χ4n) is 2.74. The number of hydrogen-bond donors (Lipinski definition) is 0. The van der Waals surface area contributed by atoms with Crippen molar-refractivity contribution in [1.82, 2.24) is 0 Å². The molecule has 1 rings (SSSR count). The van der Waals surface area contributed by atoms with Crippen molar-refractivity contribution in [3.63, 3.8) is 0 Å². The molecule has 0 aromatic heterocycles. The van der Waals surface area contributed by atoms with E-state index in [2.05, 4.69) is 84.0 Å². The molecule has 0 N–H and O–H groups in total. The van der Waals surface area contributed by atoms with Gasteiger partial charge in [-0.15, -0.1) is 0 Å². The summed E-state index contributed by atoms with van der Waals surface area (Å²) in [5, 5.41) is 0. The molecule has 0 aliphatic carbocycles. The zero-order chi connectivity index (χ0) is 17.2. The molecule has 23 heavy (non-hydrogen) atoms. The first kappa shape index (κ1) is 19.5. The van der Waals surface area contributed by atoms with Gasteiger partial charge in [-0.25, -0.2) is 0 Å². The van der Waals surface area contributed by atoms with Gasteiger partial charge in [0, 0.05) is 0 Å². The monoisotopic (exact) mass is 310 g/mol. The standard InChI is InChI=1S/C23H34/c1-18(2)16-21(6)12-7-10-20(5)11-8-13-22-14-9-15-23(17-22)19(3)4/h9,11-12,14-17,19H,7-8,10,13H2,1-6H3/b20-11+,21-12+. The maximum Gasteiger partial charge on any atom is -0.0219 e. The molecule has 1 aromatic rings. The van der Waals surface area contributed by atoms with Crippen LogP contribution >= 0.6 is 0 Å². The Kier molecular flexibility index (Phi) is 8.69. The van der Waals surface area contributed by atoms with Crippen molar-refractivity contribution in [3.05, 3.63) is 70.3 Å². The van der Waals surface area contributed by atoms with Gasteiger partial charge in [-0.3, -0.25) is 0 Å². The number of rotatable bonds is 8. The molecule has 0 nitrogen and oxygen atoms in total. The molecule has 0 radical (unpaired) electrons. The van der Waals surface area contributed by atoms with E-state index in [1.807, 2.05) is 0 Å². The zero-order valence-corrected chi connectivity index (χ0v) is 15.9. The summed E-state index contributed by atoms with van der Waals surface area (Å²) in [4.78, 5) is 0. The third-order valence-electron chi connectivity index (χ3n) is 4.06. The third-order valence-corrected chi connectivity index (χ3v) is 4.06. The van der Waals surface area contributed by atoms with Crippen LogP contribution in [0.3, 0.4) is 0 Å². The molecule has 1 aromatic carbocycles. The largest absolute Gasteiger partial charge is 0.0853 e. The SMILES string of the molecule is CC(C)=C/C(C)=C/CC/C(C)=C/CCc1cccc(C(C)C)c1. The van der Waals surface area contributed by atoms with Gasteiger partial charge >= 0.3 is 0 Å². The lowest BCUT2D eigenvalue weighted by atomic mass is 9.98. The molecule has 0 unspecified atom stereocenters. The van der Waals surface area contributed by atoms with Gasteiger partial charge in [-0.2, -0.15) is 0 Å². The second-order valence-corrected chi connectivity index (χ2v) is 7.20. The Morgan fingerprint density at radius 2 is 1.74 bits per heavy atom. The molecule has 0 amide bonds.